The third-order valence-corrected chi connectivity index (χ3v) is 2.67. The summed E-state index contributed by atoms with van der Waals surface area (Å²) in [5.74, 6) is -0.579. The van der Waals surface area contributed by atoms with Gasteiger partial charge in [-0.25, -0.2) is 9.37 Å². The molecule has 5 nitrogen and oxygen atoms in total. The van der Waals surface area contributed by atoms with Crippen molar-refractivity contribution in [1.82, 2.24) is 4.98 Å². The molecule has 1 aromatic heterocycles. The van der Waals surface area contributed by atoms with Gasteiger partial charge >= 0.3 is 0 Å². The van der Waals surface area contributed by atoms with E-state index in [2.05, 4.69) is 4.98 Å². The smallest absolute Gasteiger partial charge is 0.295 e. The highest BCUT2D eigenvalue weighted by Gasteiger charge is 2.18. The Kier molecular flexibility index (Phi) is 3.62. The summed E-state index contributed by atoms with van der Waals surface area (Å²) < 4.78 is 18.4. The zero-order valence-electron chi connectivity index (χ0n) is 9.76. The molecule has 0 aliphatic heterocycles. The number of halogens is 2. The van der Waals surface area contributed by atoms with Crippen LogP contribution in [0.1, 0.15) is 0 Å². The first-order valence-electron chi connectivity index (χ1n) is 5.18. The van der Waals surface area contributed by atoms with Gasteiger partial charge in [-0.2, -0.15) is 0 Å². The van der Waals surface area contributed by atoms with Crippen LogP contribution in [0.25, 0.3) is 11.3 Å². The van der Waals surface area contributed by atoms with Gasteiger partial charge < -0.3 is 4.74 Å². The predicted molar refractivity (Wildman–Crippen MR) is 67.8 cm³/mol. The van der Waals surface area contributed by atoms with Crippen molar-refractivity contribution >= 4 is 17.3 Å². The molecule has 1 aromatic carbocycles. The predicted octanol–water partition coefficient (Wildman–Crippen LogP) is 3.46. The van der Waals surface area contributed by atoms with E-state index >= 15 is 0 Å². The number of methoxy groups -OCH3 is 1. The minimum Gasteiger partial charge on any atom is -0.494 e. The Bertz CT molecular complexity index is 649. The molecular weight excluding hydrogens is 275 g/mol. The normalized spacial score (nSPS) is 10.3. The summed E-state index contributed by atoms with van der Waals surface area (Å²) in [5.41, 5.74) is 0.0283. The summed E-state index contributed by atoms with van der Waals surface area (Å²) in [6.07, 6.45) is 0. The second-order valence-electron chi connectivity index (χ2n) is 3.61. The largest absolute Gasteiger partial charge is 0.494 e. The fraction of sp³-hybridized carbons (Fsp3) is 0.0833. The molecule has 0 aliphatic rings. The maximum Gasteiger partial charge on any atom is 0.295 e. The number of nitrogens with zero attached hydrogens (tertiary/aromatic N) is 2. The molecule has 0 radical (unpaired) electrons. The van der Waals surface area contributed by atoms with Gasteiger partial charge in [0.25, 0.3) is 5.69 Å². The minimum absolute atomic E-state index is 0.0130. The van der Waals surface area contributed by atoms with E-state index in [-0.39, 0.29) is 27.8 Å². The fourth-order valence-electron chi connectivity index (χ4n) is 1.60. The summed E-state index contributed by atoms with van der Waals surface area (Å²) in [4.78, 5) is 14.2. The van der Waals surface area contributed by atoms with Crippen molar-refractivity contribution in [3.63, 3.8) is 0 Å². The lowest BCUT2D eigenvalue weighted by Gasteiger charge is -2.05. The molecule has 0 amide bonds. The standard InChI is InChI=1S/C12H8ClFN2O3/c1-19-10-4-2-7(6-8(10)14)12-9(16(17)18)3-5-11(13)15-12/h2-6H,1H3. The molecule has 7 heteroatoms. The van der Waals surface area contributed by atoms with Crippen molar-refractivity contribution in [3.05, 3.63) is 51.4 Å². The van der Waals surface area contributed by atoms with Crippen LogP contribution in [0.3, 0.4) is 0 Å². The van der Waals surface area contributed by atoms with E-state index in [0.717, 1.165) is 6.07 Å². The molecule has 0 fully saturated rings. The van der Waals surface area contributed by atoms with Crippen molar-refractivity contribution < 1.29 is 14.1 Å². The lowest BCUT2D eigenvalue weighted by Crippen LogP contribution is -1.96. The molecule has 2 aromatic rings. The van der Waals surface area contributed by atoms with Crippen LogP contribution >= 0.6 is 11.6 Å². The SMILES string of the molecule is COc1ccc(-c2nc(Cl)ccc2[N+](=O)[O-])cc1F. The Morgan fingerprint density at radius 1 is 1.37 bits per heavy atom. The summed E-state index contributed by atoms with van der Waals surface area (Å²) in [6, 6.07) is 6.50. The minimum atomic E-state index is -0.629. The summed E-state index contributed by atoms with van der Waals surface area (Å²) >= 11 is 5.72. The molecule has 2 rings (SSSR count). The highest BCUT2D eigenvalue weighted by Crippen LogP contribution is 2.31. The van der Waals surface area contributed by atoms with Gasteiger partial charge in [0, 0.05) is 11.6 Å². The molecule has 98 valence electrons. The van der Waals surface area contributed by atoms with Crippen LogP contribution in [0.15, 0.2) is 30.3 Å². The third kappa shape index (κ3) is 2.63. The first-order valence-corrected chi connectivity index (χ1v) is 5.55. The van der Waals surface area contributed by atoms with Crippen LogP contribution in [0, 0.1) is 15.9 Å². The van der Waals surface area contributed by atoms with E-state index in [1.165, 1.54) is 31.4 Å². The Morgan fingerprint density at radius 2 is 2.11 bits per heavy atom. The fourth-order valence-corrected chi connectivity index (χ4v) is 1.75. The van der Waals surface area contributed by atoms with Crippen LogP contribution in [0.5, 0.6) is 5.75 Å². The molecule has 0 bridgehead atoms. The van der Waals surface area contributed by atoms with E-state index in [4.69, 9.17) is 16.3 Å². The van der Waals surface area contributed by atoms with E-state index in [1.54, 1.807) is 0 Å². The van der Waals surface area contributed by atoms with Gasteiger partial charge in [0.15, 0.2) is 11.6 Å². The van der Waals surface area contributed by atoms with Gasteiger partial charge in [-0.3, -0.25) is 10.1 Å². The lowest BCUT2D eigenvalue weighted by molar-refractivity contribution is -0.384. The zero-order chi connectivity index (χ0) is 14.0. The van der Waals surface area contributed by atoms with Crippen molar-refractivity contribution in [3.8, 4) is 17.0 Å². The summed E-state index contributed by atoms with van der Waals surface area (Å²) in [6.45, 7) is 0. The maximum absolute atomic E-state index is 13.6. The monoisotopic (exact) mass is 282 g/mol. The second-order valence-corrected chi connectivity index (χ2v) is 4.00. The summed E-state index contributed by atoms with van der Waals surface area (Å²) in [7, 11) is 1.33. The number of ether oxygens (including phenoxy) is 1. The van der Waals surface area contributed by atoms with Crippen LogP contribution in [-0.2, 0) is 0 Å². The Labute approximate surface area is 112 Å². The highest BCUT2D eigenvalue weighted by molar-refractivity contribution is 6.29. The molecule has 0 saturated carbocycles. The van der Waals surface area contributed by atoms with Crippen LogP contribution in [0.4, 0.5) is 10.1 Å². The first kappa shape index (κ1) is 13.2. The number of benzene rings is 1. The molecular formula is C12H8ClFN2O3. The third-order valence-electron chi connectivity index (χ3n) is 2.46. The van der Waals surface area contributed by atoms with E-state index in [9.17, 15) is 14.5 Å². The first-order chi connectivity index (χ1) is 9.02. The van der Waals surface area contributed by atoms with Gasteiger partial charge in [0.2, 0.25) is 0 Å². The average molecular weight is 283 g/mol. The molecule has 0 atom stereocenters. The van der Waals surface area contributed by atoms with Crippen LogP contribution < -0.4 is 4.74 Å². The summed E-state index contributed by atoms with van der Waals surface area (Å²) in [5, 5.41) is 11.0. The molecule has 1 heterocycles. The second kappa shape index (κ2) is 5.19. The number of nitro groups is 1. The molecule has 0 aliphatic carbocycles. The Balaban J connectivity index is 2.61. The van der Waals surface area contributed by atoms with Gasteiger partial charge in [0.1, 0.15) is 10.8 Å². The molecule has 19 heavy (non-hydrogen) atoms. The lowest BCUT2D eigenvalue weighted by atomic mass is 10.1. The van der Waals surface area contributed by atoms with Gasteiger partial charge in [0.05, 0.1) is 12.0 Å². The average Bonchev–Trinajstić information content (AvgIpc) is 2.38. The number of pyridine rings is 1. The molecule has 0 unspecified atom stereocenters. The Hall–Kier alpha value is -2.21. The van der Waals surface area contributed by atoms with Crippen LogP contribution in [-0.4, -0.2) is 17.0 Å². The number of rotatable bonds is 3. The van der Waals surface area contributed by atoms with Crippen molar-refractivity contribution in [2.45, 2.75) is 0 Å². The van der Waals surface area contributed by atoms with E-state index in [0.29, 0.717) is 0 Å². The van der Waals surface area contributed by atoms with Gasteiger partial charge in [-0.1, -0.05) is 11.6 Å². The van der Waals surface area contributed by atoms with Gasteiger partial charge in [-0.05, 0) is 24.3 Å². The molecule has 0 N–H and O–H groups in total. The van der Waals surface area contributed by atoms with E-state index in [1.807, 2.05) is 0 Å². The number of hydrogen-bond acceptors (Lipinski definition) is 4. The topological polar surface area (TPSA) is 65.3 Å². The number of aromatic nitrogens is 1. The molecule has 0 saturated heterocycles. The quantitative estimate of drug-likeness (QED) is 0.491. The van der Waals surface area contributed by atoms with E-state index < -0.39 is 10.7 Å². The zero-order valence-corrected chi connectivity index (χ0v) is 10.5. The van der Waals surface area contributed by atoms with Gasteiger partial charge in [-0.15, -0.1) is 0 Å². The maximum atomic E-state index is 13.6. The Morgan fingerprint density at radius 3 is 2.68 bits per heavy atom. The van der Waals surface area contributed by atoms with Crippen molar-refractivity contribution in [2.24, 2.45) is 0 Å². The highest BCUT2D eigenvalue weighted by atomic mass is 35.5. The van der Waals surface area contributed by atoms with Crippen molar-refractivity contribution in [2.75, 3.05) is 7.11 Å². The van der Waals surface area contributed by atoms with Crippen LogP contribution in [0.2, 0.25) is 5.15 Å². The molecule has 0 spiro atoms. The van der Waals surface area contributed by atoms with Crippen molar-refractivity contribution in [1.29, 1.82) is 0 Å². The number of hydrogen-bond donors (Lipinski definition) is 0.